The van der Waals surface area contributed by atoms with Crippen LogP contribution in [0, 0.1) is 0 Å². The largest absolute Gasteiger partial charge is 0.367 e. The second-order valence-corrected chi connectivity index (χ2v) is 14.4. The predicted octanol–water partition coefficient (Wildman–Crippen LogP) is 4.81. The van der Waals surface area contributed by atoms with Crippen LogP contribution in [0.5, 0.6) is 0 Å². The Hall–Kier alpha value is -1.47. The lowest BCUT2D eigenvalue weighted by atomic mass is 10.1. The molecule has 13 heteroatoms. The maximum absolute atomic E-state index is 11.2. The van der Waals surface area contributed by atoms with Crippen molar-refractivity contribution in [3.63, 3.8) is 0 Å². The molecule has 0 saturated carbocycles. The van der Waals surface area contributed by atoms with E-state index in [9.17, 15) is 16.8 Å². The van der Waals surface area contributed by atoms with Gasteiger partial charge in [0.15, 0.2) is 0 Å². The minimum absolute atomic E-state index is 0.117. The highest BCUT2D eigenvalue weighted by atomic mass is 35.5. The Morgan fingerprint density at radius 3 is 2.27 bits per heavy atom. The molecule has 0 amide bonds. The third-order valence-electron chi connectivity index (χ3n) is 6.49. The summed E-state index contributed by atoms with van der Waals surface area (Å²) in [5, 5.41) is 2.37. The van der Waals surface area contributed by atoms with Crippen LogP contribution < -0.4 is 9.47 Å². The molecule has 0 fully saturated rings. The lowest BCUT2D eigenvalue weighted by Crippen LogP contribution is -2.41. The van der Waals surface area contributed by atoms with Crippen molar-refractivity contribution in [3.8, 4) is 0 Å². The molecular weight excluding hydrogens is 579 g/mol. The molecule has 1 aliphatic rings. The SMILES string of the molecule is O=S(=O)(O)CCCCN1c2cc(Cl)ccc2CC1Cc1sc2ccc(Cl)cc2[n+]1CCCCS(=O)(=O)O. The number of unbranched alkanes of at least 4 members (excludes halogenated alkanes) is 2. The Morgan fingerprint density at radius 2 is 1.57 bits per heavy atom. The van der Waals surface area contributed by atoms with E-state index in [0.29, 0.717) is 48.8 Å². The molecule has 202 valence electrons. The van der Waals surface area contributed by atoms with E-state index in [1.165, 1.54) is 5.56 Å². The lowest BCUT2D eigenvalue weighted by molar-refractivity contribution is -0.674. The number of anilines is 1. The first-order valence-corrected chi connectivity index (χ1v) is 16.7. The van der Waals surface area contributed by atoms with Crippen LogP contribution in [-0.2, 0) is 39.6 Å². The van der Waals surface area contributed by atoms with Gasteiger partial charge in [-0.1, -0.05) is 40.6 Å². The van der Waals surface area contributed by atoms with Crippen LogP contribution in [0.15, 0.2) is 36.4 Å². The fourth-order valence-electron chi connectivity index (χ4n) is 4.85. The average molecular weight is 609 g/mol. The van der Waals surface area contributed by atoms with Gasteiger partial charge in [-0.2, -0.15) is 21.4 Å². The van der Waals surface area contributed by atoms with Gasteiger partial charge in [-0.05, 0) is 55.5 Å². The first kappa shape index (κ1) is 28.5. The molecule has 0 saturated heterocycles. The molecule has 3 aromatic rings. The molecule has 0 aliphatic carbocycles. The minimum Gasteiger partial charge on any atom is -0.367 e. The van der Waals surface area contributed by atoms with Gasteiger partial charge >= 0.3 is 0 Å². The first-order chi connectivity index (χ1) is 17.4. The number of benzene rings is 2. The number of nitrogens with zero attached hydrogens (tertiary/aromatic N) is 2. The maximum Gasteiger partial charge on any atom is 0.264 e. The van der Waals surface area contributed by atoms with E-state index in [1.807, 2.05) is 36.4 Å². The van der Waals surface area contributed by atoms with E-state index in [4.69, 9.17) is 32.3 Å². The smallest absolute Gasteiger partial charge is 0.264 e. The summed E-state index contributed by atoms with van der Waals surface area (Å²) >= 11 is 14.3. The molecule has 0 radical (unpaired) electrons. The van der Waals surface area contributed by atoms with E-state index in [-0.39, 0.29) is 17.5 Å². The Kier molecular flexibility index (Phi) is 9.05. The van der Waals surface area contributed by atoms with Crippen molar-refractivity contribution in [2.24, 2.45) is 0 Å². The highest BCUT2D eigenvalue weighted by Gasteiger charge is 2.33. The molecule has 0 spiro atoms. The predicted molar refractivity (Wildman–Crippen MR) is 148 cm³/mol. The Bertz CT molecular complexity index is 1490. The Labute approximate surface area is 231 Å². The molecule has 1 aliphatic heterocycles. The van der Waals surface area contributed by atoms with Crippen molar-refractivity contribution in [2.75, 3.05) is 23.0 Å². The molecule has 8 nitrogen and oxygen atoms in total. The monoisotopic (exact) mass is 607 g/mol. The summed E-state index contributed by atoms with van der Waals surface area (Å²) in [6, 6.07) is 11.7. The standard InChI is InChI=1S/C24H28Cl2N2O6S3/c25-18-6-5-17-13-20(27(21(17)14-18)9-1-3-11-36(29,30)31)16-24-28(10-2-4-12-37(32,33)34)22-15-19(26)7-8-23(22)35-24/h5-8,14-15,20H,1-4,9-13,16H2,(H-,29,30,31,32,33,34)/p+1. The summed E-state index contributed by atoms with van der Waals surface area (Å²) < 4.78 is 66.0. The van der Waals surface area contributed by atoms with Crippen molar-refractivity contribution in [1.82, 2.24) is 0 Å². The number of thiazole rings is 1. The van der Waals surface area contributed by atoms with Gasteiger partial charge in [0.25, 0.3) is 20.2 Å². The molecular formula is C24H29Cl2N2O6S3+. The van der Waals surface area contributed by atoms with Gasteiger partial charge < -0.3 is 4.90 Å². The third-order valence-corrected chi connectivity index (χ3v) is 9.76. The second kappa shape index (κ2) is 11.7. The topological polar surface area (TPSA) is 116 Å². The molecule has 1 atom stereocenters. The lowest BCUT2D eigenvalue weighted by Gasteiger charge is -2.27. The molecule has 0 bridgehead atoms. The number of aryl methyl sites for hydroxylation is 1. The fraction of sp³-hybridized carbons (Fsp3) is 0.458. The van der Waals surface area contributed by atoms with Gasteiger partial charge in [0.1, 0.15) is 11.2 Å². The van der Waals surface area contributed by atoms with Crippen LogP contribution in [-0.4, -0.2) is 50.0 Å². The zero-order chi connectivity index (χ0) is 26.8. The van der Waals surface area contributed by atoms with Crippen molar-refractivity contribution in [2.45, 2.75) is 51.1 Å². The fourth-order valence-corrected chi connectivity index (χ4v) is 7.56. The van der Waals surface area contributed by atoms with Gasteiger partial charge in [-0.25, -0.2) is 0 Å². The van der Waals surface area contributed by atoms with Gasteiger partial charge in [0.05, 0.1) is 17.9 Å². The van der Waals surface area contributed by atoms with Crippen molar-refractivity contribution >= 4 is 70.7 Å². The first-order valence-electron chi connectivity index (χ1n) is 12.0. The number of hydrogen-bond acceptors (Lipinski definition) is 6. The van der Waals surface area contributed by atoms with Crippen LogP contribution in [0.25, 0.3) is 10.2 Å². The highest BCUT2D eigenvalue weighted by Crippen LogP contribution is 2.37. The summed E-state index contributed by atoms with van der Waals surface area (Å²) in [5.41, 5.74) is 3.19. The molecule has 1 unspecified atom stereocenters. The average Bonchev–Trinajstić information content (AvgIpc) is 3.30. The van der Waals surface area contributed by atoms with Crippen molar-refractivity contribution in [3.05, 3.63) is 57.0 Å². The van der Waals surface area contributed by atoms with Gasteiger partial charge in [0.2, 0.25) is 10.5 Å². The molecule has 2 aromatic carbocycles. The molecule has 4 rings (SSSR count). The Balaban J connectivity index is 1.58. The number of hydrogen-bond donors (Lipinski definition) is 2. The third kappa shape index (κ3) is 7.78. The summed E-state index contributed by atoms with van der Waals surface area (Å²) in [6.45, 7) is 1.21. The van der Waals surface area contributed by atoms with Gasteiger partial charge in [-0.15, -0.1) is 0 Å². The molecule has 2 N–H and O–H groups in total. The highest BCUT2D eigenvalue weighted by molar-refractivity contribution is 7.86. The van der Waals surface area contributed by atoms with E-state index >= 15 is 0 Å². The number of halogens is 2. The van der Waals surface area contributed by atoms with E-state index in [0.717, 1.165) is 33.8 Å². The Morgan fingerprint density at radius 1 is 0.919 bits per heavy atom. The van der Waals surface area contributed by atoms with Crippen LogP contribution >= 0.6 is 34.5 Å². The van der Waals surface area contributed by atoms with Crippen molar-refractivity contribution < 1.29 is 30.5 Å². The van der Waals surface area contributed by atoms with Crippen LogP contribution in [0.4, 0.5) is 5.69 Å². The summed E-state index contributed by atoms with van der Waals surface area (Å²) in [4.78, 5) is 2.27. The van der Waals surface area contributed by atoms with E-state index < -0.39 is 20.2 Å². The van der Waals surface area contributed by atoms with Crippen LogP contribution in [0.3, 0.4) is 0 Å². The zero-order valence-corrected chi connectivity index (χ0v) is 24.0. The minimum atomic E-state index is -4.00. The number of aromatic nitrogens is 1. The van der Waals surface area contributed by atoms with Gasteiger partial charge in [-0.3, -0.25) is 9.11 Å². The van der Waals surface area contributed by atoms with Crippen molar-refractivity contribution in [1.29, 1.82) is 0 Å². The molecule has 2 heterocycles. The van der Waals surface area contributed by atoms with Crippen LogP contribution in [0.2, 0.25) is 10.0 Å². The normalized spacial score (nSPS) is 16.0. The second-order valence-electron chi connectivity index (χ2n) is 9.27. The molecule has 1 aromatic heterocycles. The maximum atomic E-state index is 11.2. The summed E-state index contributed by atoms with van der Waals surface area (Å²) in [6.07, 6.45) is 3.40. The summed E-state index contributed by atoms with van der Waals surface area (Å²) in [7, 11) is -8.00. The molecule has 37 heavy (non-hydrogen) atoms. The summed E-state index contributed by atoms with van der Waals surface area (Å²) in [5.74, 6) is -0.545. The van der Waals surface area contributed by atoms with Gasteiger partial charge in [0, 0.05) is 40.8 Å². The van der Waals surface area contributed by atoms with Crippen LogP contribution in [0.1, 0.15) is 36.3 Å². The zero-order valence-electron chi connectivity index (χ0n) is 20.0. The van der Waals surface area contributed by atoms with E-state index in [2.05, 4.69) is 9.47 Å². The quantitative estimate of drug-likeness (QED) is 0.172. The number of fused-ring (bicyclic) bond motifs is 2. The number of rotatable bonds is 12. The van der Waals surface area contributed by atoms with E-state index in [1.54, 1.807) is 11.3 Å².